The molecule has 2 heterocycles. The molecule has 2 aromatic heterocycles. The van der Waals surface area contributed by atoms with Crippen LogP contribution in [0, 0.1) is 6.92 Å². The molecule has 1 aromatic carbocycles. The molecule has 0 radical (unpaired) electrons. The number of hydrogen-bond acceptors (Lipinski definition) is 7. The first-order valence-corrected chi connectivity index (χ1v) is 11.4. The third kappa shape index (κ3) is 6.27. The van der Waals surface area contributed by atoms with Gasteiger partial charge in [-0.25, -0.2) is 9.97 Å². The van der Waals surface area contributed by atoms with Crippen LogP contribution in [-0.2, 0) is 16.1 Å². The highest BCUT2D eigenvalue weighted by Gasteiger charge is 2.22. The molecule has 0 fully saturated rings. The van der Waals surface area contributed by atoms with E-state index in [9.17, 15) is 9.59 Å². The molecule has 0 aliphatic heterocycles. The number of ether oxygens (including phenoxy) is 2. The minimum absolute atomic E-state index is 0.118. The number of ketones is 1. The Labute approximate surface area is 200 Å². The molecule has 8 heteroatoms. The second-order valence-electron chi connectivity index (χ2n) is 9.17. The summed E-state index contributed by atoms with van der Waals surface area (Å²) in [6.07, 6.45) is 8.11. The molecule has 0 saturated heterocycles. The first-order valence-electron chi connectivity index (χ1n) is 11.4. The van der Waals surface area contributed by atoms with E-state index in [-0.39, 0.29) is 18.0 Å². The highest BCUT2D eigenvalue weighted by Crippen LogP contribution is 2.35. The van der Waals surface area contributed by atoms with Crippen molar-refractivity contribution in [2.75, 3.05) is 6.61 Å². The minimum Gasteiger partial charge on any atom is -0.493 e. The number of fused-ring (bicyclic) bond motifs is 1. The summed E-state index contributed by atoms with van der Waals surface area (Å²) in [6, 6.07) is 3.68. The van der Waals surface area contributed by atoms with E-state index < -0.39 is 11.6 Å². The lowest BCUT2D eigenvalue weighted by atomic mass is 10.0. The van der Waals surface area contributed by atoms with Crippen LogP contribution >= 0.6 is 0 Å². The number of Topliss-reactive ketones (excluding diaryl/α,β-unsaturated/α-hetero) is 1. The molecule has 0 saturated carbocycles. The summed E-state index contributed by atoms with van der Waals surface area (Å²) in [4.78, 5) is 33.5. The molecule has 0 spiro atoms. The Morgan fingerprint density at radius 1 is 1.15 bits per heavy atom. The summed E-state index contributed by atoms with van der Waals surface area (Å²) < 4.78 is 13.1. The van der Waals surface area contributed by atoms with Crippen LogP contribution in [0.25, 0.3) is 22.0 Å². The molecule has 0 aliphatic rings. The number of aryl methyl sites for hydroxylation is 1. The molecule has 0 aliphatic carbocycles. The Bertz CT molecular complexity index is 1190. The maximum Gasteiger partial charge on any atom is 0.328 e. The third-order valence-electron chi connectivity index (χ3n) is 5.04. The molecule has 0 N–H and O–H groups in total. The Kier molecular flexibility index (Phi) is 7.81. The number of unbranched alkanes of at least 4 members (excludes halogenated alkanes) is 2. The van der Waals surface area contributed by atoms with Gasteiger partial charge in [0.15, 0.2) is 5.78 Å². The van der Waals surface area contributed by atoms with Crippen LogP contribution in [0.5, 0.6) is 5.75 Å². The molecule has 34 heavy (non-hydrogen) atoms. The van der Waals surface area contributed by atoms with Crippen molar-refractivity contribution in [3.05, 3.63) is 48.7 Å². The molecular formula is C26H32N4O4. The van der Waals surface area contributed by atoms with Crippen molar-refractivity contribution >= 4 is 22.7 Å². The number of nitrogens with zero attached hydrogens (tertiary/aromatic N) is 4. The lowest BCUT2D eigenvalue weighted by Crippen LogP contribution is -2.26. The van der Waals surface area contributed by atoms with Crippen LogP contribution in [0.1, 0.15) is 63.3 Å². The van der Waals surface area contributed by atoms with E-state index >= 15 is 0 Å². The molecule has 8 nitrogen and oxygen atoms in total. The second-order valence-corrected chi connectivity index (χ2v) is 9.17. The fourth-order valence-corrected chi connectivity index (χ4v) is 3.53. The van der Waals surface area contributed by atoms with Crippen molar-refractivity contribution < 1.29 is 19.1 Å². The number of aromatic nitrogens is 4. The predicted molar refractivity (Wildman–Crippen MR) is 131 cm³/mol. The van der Waals surface area contributed by atoms with Crippen molar-refractivity contribution in [1.82, 2.24) is 19.7 Å². The molecular weight excluding hydrogens is 432 g/mol. The van der Waals surface area contributed by atoms with Gasteiger partial charge in [-0.3, -0.25) is 14.3 Å². The topological polar surface area (TPSA) is 96.2 Å². The minimum atomic E-state index is -0.623. The van der Waals surface area contributed by atoms with E-state index in [0.29, 0.717) is 29.1 Å². The van der Waals surface area contributed by atoms with E-state index in [1.807, 2.05) is 25.1 Å². The zero-order chi connectivity index (χ0) is 24.9. The van der Waals surface area contributed by atoms with Gasteiger partial charge in [0.1, 0.15) is 29.4 Å². The number of rotatable bonds is 10. The van der Waals surface area contributed by atoms with E-state index in [0.717, 1.165) is 30.4 Å². The van der Waals surface area contributed by atoms with Gasteiger partial charge < -0.3 is 9.47 Å². The Balaban J connectivity index is 2.08. The normalized spacial score (nSPS) is 11.4. The van der Waals surface area contributed by atoms with Crippen LogP contribution in [0.2, 0.25) is 0 Å². The SMILES string of the molecule is C=CCCCCOc1cc2c(cc1-c1cnc(C)nc1)c(C(C)=O)nn2CC(=O)OC(C)(C)C. The van der Waals surface area contributed by atoms with Crippen LogP contribution in [-0.4, -0.2) is 43.7 Å². The number of hydrogen-bond donors (Lipinski definition) is 0. The van der Waals surface area contributed by atoms with Gasteiger partial charge in [-0.2, -0.15) is 5.10 Å². The molecule has 0 bridgehead atoms. The van der Waals surface area contributed by atoms with Crippen molar-refractivity contribution in [1.29, 1.82) is 0 Å². The summed E-state index contributed by atoms with van der Waals surface area (Å²) in [6.45, 7) is 12.8. The molecule has 0 atom stereocenters. The van der Waals surface area contributed by atoms with E-state index in [1.54, 1.807) is 33.2 Å². The highest BCUT2D eigenvalue weighted by molar-refractivity contribution is 6.06. The van der Waals surface area contributed by atoms with Gasteiger partial charge in [0.25, 0.3) is 0 Å². The Morgan fingerprint density at radius 3 is 2.47 bits per heavy atom. The smallest absolute Gasteiger partial charge is 0.328 e. The zero-order valence-electron chi connectivity index (χ0n) is 20.6. The van der Waals surface area contributed by atoms with E-state index in [1.165, 1.54) is 11.6 Å². The lowest BCUT2D eigenvalue weighted by Gasteiger charge is -2.19. The van der Waals surface area contributed by atoms with Crippen molar-refractivity contribution in [2.45, 2.75) is 66.0 Å². The average Bonchev–Trinajstić information content (AvgIpc) is 3.10. The van der Waals surface area contributed by atoms with Gasteiger partial charge in [-0.05, 0) is 53.0 Å². The summed E-state index contributed by atoms with van der Waals surface area (Å²) in [5.41, 5.74) is 1.81. The molecule has 180 valence electrons. The average molecular weight is 465 g/mol. The Hall–Kier alpha value is -3.55. The summed E-state index contributed by atoms with van der Waals surface area (Å²) in [5.74, 6) is 0.636. The number of esters is 1. The van der Waals surface area contributed by atoms with E-state index in [4.69, 9.17) is 9.47 Å². The number of carbonyl (C=O) groups is 2. The molecule has 3 aromatic rings. The van der Waals surface area contributed by atoms with Crippen LogP contribution in [0.4, 0.5) is 0 Å². The molecule has 0 unspecified atom stereocenters. The van der Waals surface area contributed by atoms with Crippen LogP contribution in [0.15, 0.2) is 37.2 Å². The maximum absolute atomic E-state index is 12.5. The monoisotopic (exact) mass is 464 g/mol. The van der Waals surface area contributed by atoms with Gasteiger partial charge in [0.2, 0.25) is 0 Å². The lowest BCUT2D eigenvalue weighted by molar-refractivity contribution is -0.155. The second kappa shape index (κ2) is 10.6. The van der Waals surface area contributed by atoms with Crippen molar-refractivity contribution in [3.63, 3.8) is 0 Å². The highest BCUT2D eigenvalue weighted by atomic mass is 16.6. The number of benzene rings is 1. The standard InChI is InChI=1S/C26H32N4O4/c1-7-8-9-10-11-33-23-13-22-21(12-20(23)19-14-27-18(3)28-15-19)25(17(2)31)29-30(22)16-24(32)34-26(4,5)6/h7,12-15H,1,8-11,16H2,2-6H3. The maximum atomic E-state index is 12.5. The third-order valence-corrected chi connectivity index (χ3v) is 5.04. The van der Waals surface area contributed by atoms with Crippen LogP contribution < -0.4 is 4.74 Å². The first kappa shape index (κ1) is 25.1. The number of allylic oxidation sites excluding steroid dienone is 1. The zero-order valence-corrected chi connectivity index (χ0v) is 20.6. The molecule has 3 rings (SSSR count). The van der Waals surface area contributed by atoms with Gasteiger partial charge >= 0.3 is 5.97 Å². The van der Waals surface area contributed by atoms with Gasteiger partial charge in [-0.15, -0.1) is 6.58 Å². The van der Waals surface area contributed by atoms with Gasteiger partial charge in [0, 0.05) is 41.9 Å². The summed E-state index contributed by atoms with van der Waals surface area (Å²) in [5, 5.41) is 5.07. The summed E-state index contributed by atoms with van der Waals surface area (Å²) in [7, 11) is 0. The van der Waals surface area contributed by atoms with E-state index in [2.05, 4.69) is 21.6 Å². The summed E-state index contributed by atoms with van der Waals surface area (Å²) >= 11 is 0. The predicted octanol–water partition coefficient (Wildman–Crippen LogP) is 5.08. The fraction of sp³-hybridized carbons (Fsp3) is 0.423. The van der Waals surface area contributed by atoms with Crippen molar-refractivity contribution in [2.24, 2.45) is 0 Å². The first-order chi connectivity index (χ1) is 16.1. The quantitative estimate of drug-likeness (QED) is 0.179. The number of carbonyl (C=O) groups excluding carboxylic acids is 2. The fourth-order valence-electron chi connectivity index (χ4n) is 3.53. The van der Waals surface area contributed by atoms with Crippen molar-refractivity contribution in [3.8, 4) is 16.9 Å². The Morgan fingerprint density at radius 2 is 1.85 bits per heavy atom. The van der Waals surface area contributed by atoms with Gasteiger partial charge in [0.05, 0.1) is 12.1 Å². The largest absolute Gasteiger partial charge is 0.493 e. The van der Waals surface area contributed by atoms with Gasteiger partial charge in [-0.1, -0.05) is 6.08 Å². The molecule has 0 amide bonds. The van der Waals surface area contributed by atoms with Crippen LogP contribution in [0.3, 0.4) is 0 Å².